The highest BCUT2D eigenvalue weighted by Crippen LogP contribution is 2.31. The van der Waals surface area contributed by atoms with Gasteiger partial charge in [-0.25, -0.2) is 18.4 Å². The third-order valence-corrected chi connectivity index (χ3v) is 9.40. The molecule has 0 bridgehead atoms. The second-order valence-corrected chi connectivity index (χ2v) is 12.5. The molecule has 3 heterocycles. The highest BCUT2D eigenvalue weighted by Gasteiger charge is 2.34. The van der Waals surface area contributed by atoms with Gasteiger partial charge in [-0.2, -0.15) is 17.7 Å². The molecule has 0 aliphatic heterocycles. The predicted molar refractivity (Wildman–Crippen MR) is 165 cm³/mol. The number of fused-ring (bicyclic) bond motifs is 1. The number of carbonyl (C=O) groups is 1. The Kier molecular flexibility index (Phi) is 9.63. The summed E-state index contributed by atoms with van der Waals surface area (Å²) < 4.78 is 23.2. The van der Waals surface area contributed by atoms with E-state index in [1.54, 1.807) is 30.1 Å². The number of primary amides is 1. The van der Waals surface area contributed by atoms with Gasteiger partial charge in [0.15, 0.2) is 0 Å². The second-order valence-electron chi connectivity index (χ2n) is 10.8. The molecule has 0 atom stereocenters. The van der Waals surface area contributed by atoms with Gasteiger partial charge >= 0.3 is 5.69 Å². The van der Waals surface area contributed by atoms with E-state index < -0.39 is 28.5 Å². The fourth-order valence-corrected chi connectivity index (χ4v) is 6.54. The van der Waals surface area contributed by atoms with Gasteiger partial charge in [0.2, 0.25) is 5.91 Å². The number of hydrogen-bond acceptors (Lipinski definition) is 8. The van der Waals surface area contributed by atoms with Crippen molar-refractivity contribution in [2.75, 3.05) is 7.11 Å². The number of halogens is 1. The van der Waals surface area contributed by atoms with Gasteiger partial charge in [0.25, 0.3) is 5.56 Å². The van der Waals surface area contributed by atoms with Gasteiger partial charge in [-0.05, 0) is 82.7 Å². The van der Waals surface area contributed by atoms with Crippen molar-refractivity contribution in [3.05, 3.63) is 74.4 Å². The maximum absolute atomic E-state index is 13.9. The van der Waals surface area contributed by atoms with Gasteiger partial charge < -0.3 is 15.6 Å². The number of methoxy groups -OCH3 is 1. The fraction of sp³-hybridized carbons (Fsp3) is 0.448. The van der Waals surface area contributed by atoms with Crippen molar-refractivity contribution in [3.8, 4) is 10.8 Å². The van der Waals surface area contributed by atoms with Crippen molar-refractivity contribution in [3.63, 3.8) is 0 Å². The average Bonchev–Trinajstić information content (AvgIpc) is 3.59. The number of ether oxygens (including phenoxy) is 1. The van der Waals surface area contributed by atoms with Crippen LogP contribution in [0.3, 0.4) is 0 Å². The lowest BCUT2D eigenvalue weighted by atomic mass is 9.98. The Balaban J connectivity index is 0.000000437. The SMILES string of the molecule is COc1ccc(F)cc1CCn1c(=O)n(C(C)(C)C(N)=O)c(=O)c2c(C)c(-n3cccn3)sc21.OC1CCC(S)CC1. The number of amides is 1. The van der Waals surface area contributed by atoms with Gasteiger partial charge in [-0.1, -0.05) is 11.3 Å². The number of nitrogens with two attached hydrogens (primary N) is 1. The largest absolute Gasteiger partial charge is 0.496 e. The molecule has 1 aliphatic carbocycles. The van der Waals surface area contributed by atoms with Crippen LogP contribution in [0.2, 0.25) is 0 Å². The van der Waals surface area contributed by atoms with Crippen LogP contribution in [0, 0.1) is 12.7 Å². The number of thiol groups is 1. The van der Waals surface area contributed by atoms with Crippen LogP contribution in [0.15, 0.2) is 46.2 Å². The van der Waals surface area contributed by atoms with E-state index in [1.165, 1.54) is 55.1 Å². The van der Waals surface area contributed by atoms with Gasteiger partial charge in [0, 0.05) is 29.8 Å². The van der Waals surface area contributed by atoms with E-state index in [-0.39, 0.29) is 19.1 Å². The summed E-state index contributed by atoms with van der Waals surface area (Å²) in [5.41, 5.74) is 3.90. The van der Waals surface area contributed by atoms with Crippen LogP contribution in [0.25, 0.3) is 15.2 Å². The third-order valence-electron chi connectivity index (χ3n) is 7.58. The van der Waals surface area contributed by atoms with E-state index in [0.29, 0.717) is 37.3 Å². The topological polar surface area (TPSA) is 134 Å². The molecule has 5 rings (SSSR count). The zero-order valence-corrected chi connectivity index (χ0v) is 25.8. The summed E-state index contributed by atoms with van der Waals surface area (Å²) in [6.07, 6.45) is 7.65. The Labute approximate surface area is 251 Å². The Morgan fingerprint density at radius 3 is 2.52 bits per heavy atom. The first-order chi connectivity index (χ1) is 19.9. The number of rotatable bonds is 7. The minimum absolute atomic E-state index is 0.0293. The number of thiophene rings is 1. The number of benzene rings is 1. The van der Waals surface area contributed by atoms with Crippen LogP contribution in [0.5, 0.6) is 5.75 Å². The Bertz CT molecular complexity index is 1680. The first-order valence-electron chi connectivity index (χ1n) is 13.6. The van der Waals surface area contributed by atoms with E-state index >= 15 is 0 Å². The summed E-state index contributed by atoms with van der Waals surface area (Å²) in [5, 5.41) is 14.8. The highest BCUT2D eigenvalue weighted by molar-refractivity contribution is 7.80. The monoisotopic (exact) mass is 617 g/mol. The number of nitrogens with zero attached hydrogens (tertiary/aromatic N) is 4. The summed E-state index contributed by atoms with van der Waals surface area (Å²) in [7, 11) is 1.48. The quantitative estimate of drug-likeness (QED) is 0.272. The normalized spacial score (nSPS) is 17.1. The number of aliphatic hydroxyl groups excluding tert-OH is 1. The molecule has 226 valence electrons. The molecule has 1 aliphatic rings. The van der Waals surface area contributed by atoms with Crippen LogP contribution >= 0.6 is 24.0 Å². The summed E-state index contributed by atoms with van der Waals surface area (Å²) in [6.45, 7) is 4.74. The van der Waals surface area contributed by atoms with Crippen LogP contribution in [-0.4, -0.2) is 48.4 Å². The second kappa shape index (κ2) is 12.8. The molecule has 0 unspecified atom stereocenters. The lowest BCUT2D eigenvalue weighted by molar-refractivity contribution is -0.125. The Morgan fingerprint density at radius 2 is 1.95 bits per heavy atom. The zero-order chi connectivity index (χ0) is 30.8. The van der Waals surface area contributed by atoms with Crippen LogP contribution < -0.4 is 21.7 Å². The Morgan fingerprint density at radius 1 is 1.26 bits per heavy atom. The van der Waals surface area contributed by atoms with E-state index in [4.69, 9.17) is 15.6 Å². The summed E-state index contributed by atoms with van der Waals surface area (Å²) in [6, 6.07) is 5.91. The van der Waals surface area contributed by atoms with Gasteiger partial charge in [0.1, 0.15) is 26.9 Å². The van der Waals surface area contributed by atoms with Crippen molar-refractivity contribution < 1.29 is 19.0 Å². The predicted octanol–water partition coefficient (Wildman–Crippen LogP) is 3.55. The average molecular weight is 618 g/mol. The van der Waals surface area contributed by atoms with Crippen LogP contribution in [0.4, 0.5) is 4.39 Å². The van der Waals surface area contributed by atoms with Crippen molar-refractivity contribution in [1.82, 2.24) is 18.9 Å². The number of aryl methyl sites for hydroxylation is 3. The number of aromatic nitrogens is 4. The number of carbonyl (C=O) groups excluding carboxylic acids is 1. The maximum atomic E-state index is 13.9. The van der Waals surface area contributed by atoms with Crippen molar-refractivity contribution in [2.45, 2.75) is 76.3 Å². The highest BCUT2D eigenvalue weighted by atomic mass is 32.1. The van der Waals surface area contributed by atoms with E-state index in [0.717, 1.165) is 30.3 Å². The smallest absolute Gasteiger partial charge is 0.333 e. The van der Waals surface area contributed by atoms with Crippen LogP contribution in [-0.2, 0) is 23.3 Å². The van der Waals surface area contributed by atoms with Gasteiger partial charge in [-0.3, -0.25) is 14.2 Å². The molecule has 4 aromatic rings. The molecule has 13 heteroatoms. The molecule has 3 aromatic heterocycles. The summed E-state index contributed by atoms with van der Waals surface area (Å²) in [5.74, 6) is -0.762. The van der Waals surface area contributed by atoms with Crippen molar-refractivity contribution in [2.24, 2.45) is 5.73 Å². The van der Waals surface area contributed by atoms with E-state index in [1.807, 2.05) is 0 Å². The zero-order valence-electron chi connectivity index (χ0n) is 24.0. The minimum Gasteiger partial charge on any atom is -0.496 e. The first-order valence-corrected chi connectivity index (χ1v) is 15.0. The molecule has 42 heavy (non-hydrogen) atoms. The Hall–Kier alpha value is -3.42. The van der Waals surface area contributed by atoms with E-state index in [2.05, 4.69) is 17.7 Å². The lowest BCUT2D eigenvalue weighted by Crippen LogP contribution is -2.54. The number of aliphatic hydroxyl groups is 1. The molecule has 0 radical (unpaired) electrons. The molecule has 1 aromatic carbocycles. The van der Waals surface area contributed by atoms with Gasteiger partial charge in [0.05, 0.1) is 18.6 Å². The molecule has 0 spiro atoms. The molecule has 10 nitrogen and oxygen atoms in total. The van der Waals surface area contributed by atoms with Gasteiger partial charge in [-0.15, -0.1) is 0 Å². The molecular formula is C29H36FN5O5S2. The minimum atomic E-state index is -1.57. The standard InChI is InChI=1S/C23H24FN5O4S.C6H12OS/c1-13-17-18(30)29(23(2,3)21(25)31)22(32)27(20(17)34-19(13)28-10-5-9-26-28)11-8-14-12-15(24)6-7-16(14)33-4;7-5-1-3-6(8)4-2-5/h5-7,9-10,12H,8,11H2,1-4H3,(H2,25,31);5-8H,1-4H2. The molecule has 1 saturated carbocycles. The van der Waals surface area contributed by atoms with Crippen LogP contribution in [0.1, 0.15) is 50.7 Å². The summed E-state index contributed by atoms with van der Waals surface area (Å²) in [4.78, 5) is 39.8. The molecule has 1 amide bonds. The van der Waals surface area contributed by atoms with Crippen molar-refractivity contribution in [1.29, 1.82) is 0 Å². The lowest BCUT2D eigenvalue weighted by Gasteiger charge is -2.24. The molecule has 3 N–H and O–H groups in total. The molecule has 1 fully saturated rings. The molecule has 0 saturated heterocycles. The molecular weight excluding hydrogens is 581 g/mol. The summed E-state index contributed by atoms with van der Waals surface area (Å²) >= 11 is 5.53. The first kappa shape index (κ1) is 31.5. The van der Waals surface area contributed by atoms with E-state index in [9.17, 15) is 18.8 Å². The van der Waals surface area contributed by atoms with Crippen molar-refractivity contribution >= 4 is 40.1 Å². The number of hydrogen-bond donors (Lipinski definition) is 3. The fourth-order valence-electron chi connectivity index (χ4n) is 4.98. The maximum Gasteiger partial charge on any atom is 0.333 e. The third kappa shape index (κ3) is 6.32.